The lowest BCUT2D eigenvalue weighted by atomic mass is 9.84. The fraction of sp³-hybridized carbons (Fsp3) is 0.769. The number of alkyl halides is 6. The van der Waals surface area contributed by atoms with Crippen molar-refractivity contribution in [3.05, 3.63) is 11.8 Å². The number of halogens is 6. The number of rotatable bonds is 3. The number of ether oxygens (including phenoxy) is 1. The maximum atomic E-state index is 12.6. The molecule has 120 valence electrons. The van der Waals surface area contributed by atoms with Crippen LogP contribution in [-0.2, 0) is 9.53 Å². The SMILES string of the molecule is CC(=O)OC1=CC2CC1CC2CC(C(F)(F)F)C(F)(F)F. The predicted molar refractivity (Wildman–Crippen MR) is 59.8 cm³/mol. The van der Waals surface area contributed by atoms with Gasteiger partial charge < -0.3 is 4.74 Å². The molecule has 0 heterocycles. The molecule has 21 heavy (non-hydrogen) atoms. The van der Waals surface area contributed by atoms with Gasteiger partial charge in [-0.25, -0.2) is 0 Å². The van der Waals surface area contributed by atoms with Gasteiger partial charge in [0, 0.05) is 12.8 Å². The van der Waals surface area contributed by atoms with Crippen LogP contribution in [0, 0.1) is 23.7 Å². The molecule has 0 aromatic rings. The molecule has 1 saturated carbocycles. The van der Waals surface area contributed by atoms with Gasteiger partial charge in [0.05, 0.1) is 0 Å². The van der Waals surface area contributed by atoms with E-state index in [4.69, 9.17) is 4.74 Å². The highest BCUT2D eigenvalue weighted by Gasteiger charge is 2.58. The monoisotopic (exact) mass is 316 g/mol. The number of carbonyl (C=O) groups excluding carboxylic acids is 1. The van der Waals surface area contributed by atoms with Gasteiger partial charge in [-0.1, -0.05) is 0 Å². The van der Waals surface area contributed by atoms with Crippen molar-refractivity contribution in [1.29, 1.82) is 0 Å². The zero-order valence-electron chi connectivity index (χ0n) is 11.1. The summed E-state index contributed by atoms with van der Waals surface area (Å²) in [7, 11) is 0. The Bertz CT molecular complexity index is 437. The highest BCUT2D eigenvalue weighted by molar-refractivity contribution is 5.67. The summed E-state index contributed by atoms with van der Waals surface area (Å²) in [6, 6.07) is 0. The lowest BCUT2D eigenvalue weighted by Crippen LogP contribution is -2.38. The van der Waals surface area contributed by atoms with Crippen LogP contribution in [0.2, 0.25) is 0 Å². The lowest BCUT2D eigenvalue weighted by Gasteiger charge is -2.28. The second kappa shape index (κ2) is 5.21. The third-order valence-electron chi connectivity index (χ3n) is 4.12. The van der Waals surface area contributed by atoms with Gasteiger partial charge >= 0.3 is 18.3 Å². The summed E-state index contributed by atoms with van der Waals surface area (Å²) in [5.74, 6) is -4.74. The Morgan fingerprint density at radius 2 is 1.81 bits per heavy atom. The normalized spacial score (nSPS) is 29.0. The molecule has 0 aromatic carbocycles. The Balaban J connectivity index is 2.06. The third-order valence-corrected chi connectivity index (χ3v) is 4.12. The molecule has 0 radical (unpaired) electrons. The van der Waals surface area contributed by atoms with Gasteiger partial charge in [0.15, 0.2) is 5.92 Å². The van der Waals surface area contributed by atoms with Gasteiger partial charge in [0.25, 0.3) is 0 Å². The van der Waals surface area contributed by atoms with Gasteiger partial charge in [0.1, 0.15) is 5.76 Å². The van der Waals surface area contributed by atoms with Crippen molar-refractivity contribution in [1.82, 2.24) is 0 Å². The highest BCUT2D eigenvalue weighted by atomic mass is 19.4. The summed E-state index contributed by atoms with van der Waals surface area (Å²) in [6.07, 6.45) is -9.38. The summed E-state index contributed by atoms with van der Waals surface area (Å²) >= 11 is 0. The van der Waals surface area contributed by atoms with Crippen LogP contribution in [0.1, 0.15) is 26.2 Å². The first-order valence-electron chi connectivity index (χ1n) is 6.52. The van der Waals surface area contributed by atoms with Gasteiger partial charge in [-0.15, -0.1) is 0 Å². The molecule has 2 nitrogen and oxygen atoms in total. The van der Waals surface area contributed by atoms with E-state index in [0.29, 0.717) is 12.2 Å². The molecule has 2 aliphatic rings. The molecule has 0 N–H and O–H groups in total. The molecular weight excluding hydrogens is 302 g/mol. The molecule has 0 saturated heterocycles. The Labute approximate surface area is 117 Å². The van der Waals surface area contributed by atoms with E-state index < -0.39 is 36.6 Å². The number of esters is 1. The maximum absolute atomic E-state index is 12.6. The van der Waals surface area contributed by atoms with Crippen molar-refractivity contribution in [2.75, 3.05) is 0 Å². The number of hydrogen-bond donors (Lipinski definition) is 0. The minimum absolute atomic E-state index is 0.201. The van der Waals surface area contributed by atoms with Gasteiger partial charge in [-0.3, -0.25) is 4.79 Å². The Hall–Kier alpha value is -1.21. The van der Waals surface area contributed by atoms with E-state index in [1.807, 2.05) is 0 Å². The molecule has 0 aromatic heterocycles. The molecule has 0 amide bonds. The van der Waals surface area contributed by atoms with Gasteiger partial charge in [-0.2, -0.15) is 26.3 Å². The van der Waals surface area contributed by atoms with Crippen molar-refractivity contribution in [2.45, 2.75) is 38.5 Å². The Morgan fingerprint density at radius 1 is 1.24 bits per heavy atom. The van der Waals surface area contributed by atoms with E-state index in [1.165, 1.54) is 13.0 Å². The predicted octanol–water partition coefficient (Wildman–Crippen LogP) is 4.22. The van der Waals surface area contributed by atoms with Crippen LogP contribution in [0.3, 0.4) is 0 Å². The van der Waals surface area contributed by atoms with Crippen LogP contribution in [0.5, 0.6) is 0 Å². The molecule has 0 spiro atoms. The van der Waals surface area contributed by atoms with Crippen molar-refractivity contribution >= 4 is 5.97 Å². The average molecular weight is 316 g/mol. The maximum Gasteiger partial charge on any atom is 0.400 e. The minimum atomic E-state index is -5.29. The summed E-state index contributed by atoms with van der Waals surface area (Å²) in [5.41, 5.74) is 0. The molecule has 2 bridgehead atoms. The molecule has 3 atom stereocenters. The van der Waals surface area contributed by atoms with Crippen LogP contribution in [0.4, 0.5) is 26.3 Å². The number of hydrogen-bond acceptors (Lipinski definition) is 2. The minimum Gasteiger partial charge on any atom is -0.431 e. The quantitative estimate of drug-likeness (QED) is 0.575. The summed E-state index contributed by atoms with van der Waals surface area (Å²) < 4.78 is 80.2. The molecular formula is C13H14F6O2. The van der Waals surface area contributed by atoms with E-state index >= 15 is 0 Å². The fourth-order valence-corrected chi connectivity index (χ4v) is 3.25. The van der Waals surface area contributed by atoms with Crippen molar-refractivity contribution in [3.8, 4) is 0 Å². The van der Waals surface area contributed by atoms with Crippen LogP contribution < -0.4 is 0 Å². The fourth-order valence-electron chi connectivity index (χ4n) is 3.25. The largest absolute Gasteiger partial charge is 0.431 e. The topological polar surface area (TPSA) is 26.3 Å². The first kappa shape index (κ1) is 16.2. The Kier molecular flexibility index (Phi) is 4.01. The van der Waals surface area contributed by atoms with Gasteiger partial charge in [0.2, 0.25) is 0 Å². The van der Waals surface area contributed by atoms with Crippen LogP contribution in [0.25, 0.3) is 0 Å². The van der Waals surface area contributed by atoms with Crippen molar-refractivity contribution in [2.24, 2.45) is 23.7 Å². The lowest BCUT2D eigenvalue weighted by molar-refractivity contribution is -0.288. The second-order valence-electron chi connectivity index (χ2n) is 5.63. The van der Waals surface area contributed by atoms with E-state index in [-0.39, 0.29) is 18.3 Å². The van der Waals surface area contributed by atoms with Crippen LogP contribution >= 0.6 is 0 Å². The smallest absolute Gasteiger partial charge is 0.400 e. The van der Waals surface area contributed by atoms with Gasteiger partial charge in [-0.05, 0) is 37.2 Å². The number of fused-ring (bicyclic) bond motifs is 2. The molecule has 2 aliphatic carbocycles. The zero-order chi connectivity index (χ0) is 16.0. The molecule has 3 unspecified atom stereocenters. The average Bonchev–Trinajstić information content (AvgIpc) is 2.80. The van der Waals surface area contributed by atoms with E-state index in [2.05, 4.69) is 0 Å². The van der Waals surface area contributed by atoms with Crippen molar-refractivity contribution < 1.29 is 35.9 Å². The van der Waals surface area contributed by atoms with E-state index in [1.54, 1.807) is 0 Å². The summed E-state index contributed by atoms with van der Waals surface area (Å²) in [5, 5.41) is 0. The standard InChI is InChI=1S/C13H14F6O2/c1-6(20)21-10-4-7-2-9(10)3-8(7)5-11(12(14,15)16)13(17,18)19/h4,7-9,11H,2-3,5H2,1H3. The summed E-state index contributed by atoms with van der Waals surface area (Å²) in [6.45, 7) is 1.20. The van der Waals surface area contributed by atoms with Crippen molar-refractivity contribution in [3.63, 3.8) is 0 Å². The van der Waals surface area contributed by atoms with E-state index in [0.717, 1.165) is 0 Å². The second-order valence-corrected chi connectivity index (χ2v) is 5.63. The molecule has 1 fully saturated rings. The third kappa shape index (κ3) is 3.52. The first-order valence-corrected chi connectivity index (χ1v) is 6.52. The summed E-state index contributed by atoms with van der Waals surface area (Å²) in [4.78, 5) is 10.8. The molecule has 0 aliphatic heterocycles. The molecule has 2 rings (SSSR count). The first-order chi connectivity index (χ1) is 9.48. The Morgan fingerprint density at radius 3 is 2.19 bits per heavy atom. The van der Waals surface area contributed by atoms with E-state index in [9.17, 15) is 31.1 Å². The highest BCUT2D eigenvalue weighted by Crippen LogP contribution is 2.53. The van der Waals surface area contributed by atoms with Crippen LogP contribution in [-0.4, -0.2) is 18.3 Å². The zero-order valence-corrected chi connectivity index (χ0v) is 11.1. The van der Waals surface area contributed by atoms with Crippen LogP contribution in [0.15, 0.2) is 11.8 Å². The number of allylic oxidation sites excluding steroid dienone is 2. The molecule has 8 heteroatoms. The number of carbonyl (C=O) groups is 1.